The molecule has 1 N–H and O–H groups in total. The van der Waals surface area contributed by atoms with Gasteiger partial charge in [-0.1, -0.05) is 11.6 Å². The van der Waals surface area contributed by atoms with Gasteiger partial charge < -0.3 is 10.2 Å². The second-order valence-corrected chi connectivity index (χ2v) is 7.91. The molecule has 1 aromatic carbocycles. The maximum absolute atomic E-state index is 12.5. The van der Waals surface area contributed by atoms with Crippen molar-refractivity contribution in [2.24, 2.45) is 0 Å². The monoisotopic (exact) mass is 421 g/mol. The molecule has 2 aromatic rings. The average Bonchev–Trinajstić information content (AvgIpc) is 3.23. The van der Waals surface area contributed by atoms with Crippen molar-refractivity contribution in [1.29, 1.82) is 0 Å². The molecule has 3 heterocycles. The minimum absolute atomic E-state index is 0. The van der Waals surface area contributed by atoms with Crippen LogP contribution in [-0.4, -0.2) is 41.5 Å². The number of fused-ring (bicyclic) bond motifs is 1. The van der Waals surface area contributed by atoms with Crippen LogP contribution < -0.4 is 5.32 Å². The molecule has 2 fully saturated rings. The first-order valence-corrected chi connectivity index (χ1v) is 9.48. The molecular formula is C17H22Cl3N3OS. The molecule has 4 rings (SSSR count). The summed E-state index contributed by atoms with van der Waals surface area (Å²) in [6, 6.07) is 5.95. The van der Waals surface area contributed by atoms with Crippen molar-refractivity contribution in [1.82, 2.24) is 15.2 Å². The first-order chi connectivity index (χ1) is 11.2. The molecule has 2 aliphatic rings. The zero-order valence-electron chi connectivity index (χ0n) is 13.7. The molecule has 8 heteroatoms. The van der Waals surface area contributed by atoms with Gasteiger partial charge in [0.1, 0.15) is 0 Å². The highest BCUT2D eigenvalue weighted by Gasteiger charge is 2.31. The van der Waals surface area contributed by atoms with Gasteiger partial charge in [-0.25, -0.2) is 4.98 Å². The van der Waals surface area contributed by atoms with Crippen molar-refractivity contribution >= 4 is 63.9 Å². The first-order valence-electron chi connectivity index (χ1n) is 8.29. The van der Waals surface area contributed by atoms with Gasteiger partial charge in [-0.05, 0) is 50.4 Å². The van der Waals surface area contributed by atoms with E-state index in [4.69, 9.17) is 16.6 Å². The van der Waals surface area contributed by atoms with Crippen LogP contribution in [0.3, 0.4) is 0 Å². The number of halogens is 3. The van der Waals surface area contributed by atoms with Crippen molar-refractivity contribution in [2.75, 3.05) is 19.6 Å². The van der Waals surface area contributed by atoms with E-state index in [2.05, 4.69) is 5.32 Å². The van der Waals surface area contributed by atoms with Gasteiger partial charge in [0.25, 0.3) is 0 Å². The fourth-order valence-electron chi connectivity index (χ4n) is 3.56. The van der Waals surface area contributed by atoms with Crippen molar-refractivity contribution < 1.29 is 4.79 Å². The summed E-state index contributed by atoms with van der Waals surface area (Å²) in [5.41, 5.74) is 0.992. The maximum Gasteiger partial charge on any atom is 0.239 e. The number of aromatic nitrogens is 1. The highest BCUT2D eigenvalue weighted by molar-refractivity contribution is 7.18. The Bertz CT molecular complexity index is 725. The Kier molecular flexibility index (Phi) is 7.35. The van der Waals surface area contributed by atoms with Crippen molar-refractivity contribution in [3.63, 3.8) is 0 Å². The number of hydrogen-bond acceptors (Lipinski definition) is 4. The molecule has 1 atom stereocenters. The smallest absolute Gasteiger partial charge is 0.239 e. The molecular weight excluding hydrogens is 401 g/mol. The topological polar surface area (TPSA) is 45.2 Å². The van der Waals surface area contributed by atoms with E-state index in [1.54, 1.807) is 11.3 Å². The molecule has 0 aliphatic carbocycles. The summed E-state index contributed by atoms with van der Waals surface area (Å²) < 4.78 is 1.19. The number of rotatable bonds is 2. The van der Waals surface area contributed by atoms with E-state index in [1.165, 1.54) is 9.71 Å². The summed E-state index contributed by atoms with van der Waals surface area (Å²) >= 11 is 7.81. The standard InChI is InChI=1S/C17H20ClN3OS.2ClH/c18-12-3-4-15-14(10-12)20-16(23-15)11-5-8-21(9-6-11)17(22)13-2-1-7-19-13;;/h3-4,10-11,13,19H,1-2,5-9H2;2*1H. The van der Waals surface area contributed by atoms with Gasteiger partial charge in [-0.3, -0.25) is 4.79 Å². The zero-order valence-corrected chi connectivity index (χ0v) is 16.9. The third-order valence-electron chi connectivity index (χ3n) is 4.88. The SMILES string of the molecule is Cl.Cl.O=C(C1CCCN1)N1CCC(c2nc3cc(Cl)ccc3s2)CC1. The van der Waals surface area contributed by atoms with E-state index in [9.17, 15) is 4.79 Å². The number of amides is 1. The Balaban J connectivity index is 0.00000113. The quantitative estimate of drug-likeness (QED) is 0.787. The van der Waals surface area contributed by atoms with Crippen LogP contribution in [0.5, 0.6) is 0 Å². The summed E-state index contributed by atoms with van der Waals surface area (Å²) in [7, 11) is 0. The summed E-state index contributed by atoms with van der Waals surface area (Å²) in [6.07, 6.45) is 4.11. The van der Waals surface area contributed by atoms with Gasteiger partial charge in [0.05, 0.1) is 21.3 Å². The summed E-state index contributed by atoms with van der Waals surface area (Å²) in [5.74, 6) is 0.754. The highest BCUT2D eigenvalue weighted by atomic mass is 35.5. The molecule has 0 radical (unpaired) electrons. The highest BCUT2D eigenvalue weighted by Crippen LogP contribution is 2.34. The lowest BCUT2D eigenvalue weighted by Gasteiger charge is -2.32. The molecule has 2 saturated heterocycles. The predicted molar refractivity (Wildman–Crippen MR) is 109 cm³/mol. The Morgan fingerprint density at radius 1 is 1.24 bits per heavy atom. The normalized spacial score (nSPS) is 21.0. The molecule has 1 amide bonds. The fourth-order valence-corrected chi connectivity index (χ4v) is 4.84. The molecule has 1 unspecified atom stereocenters. The number of nitrogens with zero attached hydrogens (tertiary/aromatic N) is 2. The number of benzene rings is 1. The number of piperidine rings is 1. The lowest BCUT2D eigenvalue weighted by molar-refractivity contribution is -0.134. The van der Waals surface area contributed by atoms with Crippen LogP contribution in [0.1, 0.15) is 36.6 Å². The van der Waals surface area contributed by atoms with E-state index < -0.39 is 0 Å². The first kappa shape index (κ1) is 20.7. The predicted octanol–water partition coefficient (Wildman–Crippen LogP) is 4.25. The lowest BCUT2D eigenvalue weighted by Crippen LogP contribution is -2.46. The summed E-state index contributed by atoms with van der Waals surface area (Å²) in [4.78, 5) is 19.3. The van der Waals surface area contributed by atoms with E-state index in [-0.39, 0.29) is 36.8 Å². The third kappa shape index (κ3) is 4.40. The van der Waals surface area contributed by atoms with Gasteiger partial charge in [0, 0.05) is 24.0 Å². The second kappa shape index (κ2) is 8.87. The zero-order chi connectivity index (χ0) is 15.8. The van der Waals surface area contributed by atoms with Gasteiger partial charge in [-0.15, -0.1) is 36.2 Å². The Morgan fingerprint density at radius 2 is 2.00 bits per heavy atom. The van der Waals surface area contributed by atoms with Crippen LogP contribution in [-0.2, 0) is 4.79 Å². The van der Waals surface area contributed by atoms with Crippen molar-refractivity contribution in [3.8, 4) is 0 Å². The van der Waals surface area contributed by atoms with Crippen molar-refractivity contribution in [3.05, 3.63) is 28.2 Å². The molecule has 25 heavy (non-hydrogen) atoms. The molecule has 138 valence electrons. The van der Waals surface area contributed by atoms with Gasteiger partial charge in [0.2, 0.25) is 5.91 Å². The summed E-state index contributed by atoms with van der Waals surface area (Å²) in [6.45, 7) is 2.66. The van der Waals surface area contributed by atoms with Gasteiger partial charge in [-0.2, -0.15) is 0 Å². The van der Waals surface area contributed by atoms with Gasteiger partial charge in [0.15, 0.2) is 0 Å². The van der Waals surface area contributed by atoms with E-state index >= 15 is 0 Å². The minimum atomic E-state index is 0. The number of likely N-dealkylation sites (tertiary alicyclic amines) is 1. The number of carbonyl (C=O) groups is 1. The van der Waals surface area contributed by atoms with Crippen LogP contribution in [0.4, 0.5) is 0 Å². The number of thiazole rings is 1. The van der Waals surface area contributed by atoms with E-state index in [0.717, 1.165) is 55.9 Å². The summed E-state index contributed by atoms with van der Waals surface area (Å²) in [5, 5.41) is 5.23. The van der Waals surface area contributed by atoms with E-state index in [1.807, 2.05) is 23.1 Å². The second-order valence-electron chi connectivity index (χ2n) is 6.41. The van der Waals surface area contributed by atoms with Crippen LogP contribution in [0.2, 0.25) is 5.02 Å². The third-order valence-corrected chi connectivity index (χ3v) is 6.31. The molecule has 4 nitrogen and oxygen atoms in total. The van der Waals surface area contributed by atoms with Crippen molar-refractivity contribution in [2.45, 2.75) is 37.6 Å². The molecule has 0 saturated carbocycles. The number of nitrogens with one attached hydrogen (secondary N) is 1. The fraction of sp³-hybridized carbons (Fsp3) is 0.529. The maximum atomic E-state index is 12.5. The molecule has 0 spiro atoms. The molecule has 1 aromatic heterocycles. The molecule has 0 bridgehead atoms. The number of carbonyl (C=O) groups excluding carboxylic acids is 1. The number of hydrogen-bond donors (Lipinski definition) is 1. The molecule has 2 aliphatic heterocycles. The lowest BCUT2D eigenvalue weighted by atomic mass is 9.97. The largest absolute Gasteiger partial charge is 0.341 e. The Labute approximate surface area is 169 Å². The minimum Gasteiger partial charge on any atom is -0.341 e. The van der Waals surface area contributed by atoms with E-state index in [0.29, 0.717) is 5.92 Å². The van der Waals surface area contributed by atoms with Crippen LogP contribution in [0.25, 0.3) is 10.2 Å². The Morgan fingerprint density at radius 3 is 2.68 bits per heavy atom. The van der Waals surface area contributed by atoms with Gasteiger partial charge >= 0.3 is 0 Å². The average molecular weight is 423 g/mol. The Hall–Kier alpha value is -0.590. The van der Waals surface area contributed by atoms with Crippen LogP contribution in [0.15, 0.2) is 18.2 Å². The van der Waals surface area contributed by atoms with Crippen LogP contribution in [0, 0.1) is 0 Å². The van der Waals surface area contributed by atoms with Crippen LogP contribution >= 0.6 is 47.8 Å².